The molecule has 0 saturated carbocycles. The molecule has 0 spiro atoms. The standard InChI is InChI=1S/C25H31N3O2/c1-18-11-13-20(14-12-18)23-16-22(21-9-4-5-10-24(21)30-3)26-28(23)25(29)17-27-15-7-6-8-19(27)2/h4-5,9-14,19,23H,6-8,15-17H2,1-3H3/t19-,23-/m1/s1. The summed E-state index contributed by atoms with van der Waals surface area (Å²) in [6.07, 6.45) is 4.25. The van der Waals surface area contributed by atoms with Gasteiger partial charge in [-0.3, -0.25) is 9.69 Å². The number of carbonyl (C=O) groups excluding carboxylic acids is 1. The number of hydrogen-bond donors (Lipinski definition) is 0. The van der Waals surface area contributed by atoms with Crippen LogP contribution >= 0.6 is 0 Å². The SMILES string of the molecule is COc1ccccc1C1=NN(C(=O)CN2CCCC[C@H]2C)[C@@H](c2ccc(C)cc2)C1. The number of likely N-dealkylation sites (tertiary alicyclic amines) is 1. The van der Waals surface area contributed by atoms with Crippen molar-refractivity contribution in [3.63, 3.8) is 0 Å². The molecule has 2 heterocycles. The van der Waals surface area contributed by atoms with Gasteiger partial charge in [0.05, 0.1) is 25.4 Å². The normalized spacial score (nSPS) is 22.1. The molecule has 1 amide bonds. The van der Waals surface area contributed by atoms with Crippen LogP contribution in [0.1, 0.15) is 55.3 Å². The van der Waals surface area contributed by atoms with Crippen LogP contribution in [0.3, 0.4) is 0 Å². The highest BCUT2D eigenvalue weighted by Gasteiger charge is 2.35. The van der Waals surface area contributed by atoms with Crippen LogP contribution in [0, 0.1) is 6.92 Å². The van der Waals surface area contributed by atoms with Crippen LogP contribution < -0.4 is 4.74 Å². The van der Waals surface area contributed by atoms with Gasteiger partial charge in [0.1, 0.15) is 5.75 Å². The summed E-state index contributed by atoms with van der Waals surface area (Å²) in [4.78, 5) is 15.7. The Morgan fingerprint density at radius 3 is 2.63 bits per heavy atom. The van der Waals surface area contributed by atoms with Crippen LogP contribution in [0.5, 0.6) is 5.75 Å². The fraction of sp³-hybridized carbons (Fsp3) is 0.440. The lowest BCUT2D eigenvalue weighted by molar-refractivity contribution is -0.135. The largest absolute Gasteiger partial charge is 0.496 e. The fourth-order valence-electron chi connectivity index (χ4n) is 4.47. The first-order valence-electron chi connectivity index (χ1n) is 10.9. The van der Waals surface area contributed by atoms with E-state index in [1.165, 1.54) is 12.0 Å². The predicted molar refractivity (Wildman–Crippen MR) is 120 cm³/mol. The number of hydrogen-bond acceptors (Lipinski definition) is 4. The quantitative estimate of drug-likeness (QED) is 0.733. The van der Waals surface area contributed by atoms with Crippen LogP contribution in [-0.4, -0.2) is 47.8 Å². The molecule has 0 radical (unpaired) electrons. The maximum absolute atomic E-state index is 13.4. The van der Waals surface area contributed by atoms with Gasteiger partial charge in [0.2, 0.25) is 0 Å². The van der Waals surface area contributed by atoms with Gasteiger partial charge in [0.25, 0.3) is 5.91 Å². The van der Waals surface area contributed by atoms with Gasteiger partial charge < -0.3 is 4.74 Å². The van der Waals surface area contributed by atoms with Gasteiger partial charge >= 0.3 is 0 Å². The van der Waals surface area contributed by atoms with Gasteiger partial charge in [0.15, 0.2) is 0 Å². The number of methoxy groups -OCH3 is 1. The highest BCUT2D eigenvalue weighted by Crippen LogP contribution is 2.35. The third kappa shape index (κ3) is 4.26. The minimum Gasteiger partial charge on any atom is -0.496 e. The highest BCUT2D eigenvalue weighted by atomic mass is 16.5. The van der Waals surface area contributed by atoms with Crippen molar-refractivity contribution in [1.29, 1.82) is 0 Å². The molecular weight excluding hydrogens is 374 g/mol. The molecule has 0 bridgehead atoms. The van der Waals surface area contributed by atoms with Crippen molar-refractivity contribution < 1.29 is 9.53 Å². The van der Waals surface area contributed by atoms with E-state index in [4.69, 9.17) is 9.84 Å². The number of aryl methyl sites for hydroxylation is 1. The van der Waals surface area contributed by atoms with E-state index in [2.05, 4.69) is 43.0 Å². The molecule has 0 aromatic heterocycles. The van der Waals surface area contributed by atoms with Gasteiger partial charge in [-0.2, -0.15) is 5.10 Å². The number of amides is 1. The lowest BCUT2D eigenvalue weighted by Gasteiger charge is -2.34. The Morgan fingerprint density at radius 2 is 1.90 bits per heavy atom. The monoisotopic (exact) mass is 405 g/mol. The number of carbonyl (C=O) groups is 1. The van der Waals surface area contributed by atoms with Crippen molar-refractivity contribution in [3.8, 4) is 5.75 Å². The van der Waals surface area contributed by atoms with Crippen molar-refractivity contribution >= 4 is 11.6 Å². The molecule has 2 aliphatic rings. The first-order chi connectivity index (χ1) is 14.6. The minimum absolute atomic E-state index is 0.0687. The van der Waals surface area contributed by atoms with E-state index in [1.807, 2.05) is 24.3 Å². The van der Waals surface area contributed by atoms with E-state index in [9.17, 15) is 4.79 Å². The van der Waals surface area contributed by atoms with Gasteiger partial charge in [-0.1, -0.05) is 48.4 Å². The average molecular weight is 406 g/mol. The van der Waals surface area contributed by atoms with E-state index in [-0.39, 0.29) is 11.9 Å². The van der Waals surface area contributed by atoms with Crippen LogP contribution in [0.4, 0.5) is 0 Å². The number of benzene rings is 2. The van der Waals surface area contributed by atoms with Gasteiger partial charge in [-0.15, -0.1) is 0 Å². The van der Waals surface area contributed by atoms with Crippen molar-refractivity contribution in [2.45, 2.75) is 51.6 Å². The smallest absolute Gasteiger partial charge is 0.257 e. The molecule has 4 rings (SSSR count). The lowest BCUT2D eigenvalue weighted by Crippen LogP contribution is -2.44. The highest BCUT2D eigenvalue weighted by molar-refractivity contribution is 6.05. The Balaban J connectivity index is 1.64. The number of piperidine rings is 1. The zero-order chi connectivity index (χ0) is 21.1. The first-order valence-corrected chi connectivity index (χ1v) is 10.9. The second kappa shape index (κ2) is 9.00. The maximum atomic E-state index is 13.4. The van der Waals surface area contributed by atoms with Crippen molar-refractivity contribution in [2.24, 2.45) is 5.10 Å². The van der Waals surface area contributed by atoms with Gasteiger partial charge in [-0.25, -0.2) is 5.01 Å². The number of para-hydroxylation sites is 1. The van der Waals surface area contributed by atoms with Crippen LogP contribution in [0.2, 0.25) is 0 Å². The summed E-state index contributed by atoms with van der Waals surface area (Å²) in [5, 5.41) is 6.55. The molecule has 158 valence electrons. The van der Waals surface area contributed by atoms with E-state index >= 15 is 0 Å². The van der Waals surface area contributed by atoms with Crippen LogP contribution in [-0.2, 0) is 4.79 Å². The molecule has 0 aliphatic carbocycles. The van der Waals surface area contributed by atoms with Crippen molar-refractivity contribution in [2.75, 3.05) is 20.2 Å². The fourth-order valence-corrected chi connectivity index (χ4v) is 4.47. The summed E-state index contributed by atoms with van der Waals surface area (Å²) < 4.78 is 5.55. The second-order valence-corrected chi connectivity index (χ2v) is 8.43. The lowest BCUT2D eigenvalue weighted by atomic mass is 9.97. The third-order valence-electron chi connectivity index (χ3n) is 6.32. The second-order valence-electron chi connectivity index (χ2n) is 8.43. The molecule has 5 heteroatoms. The topological polar surface area (TPSA) is 45.1 Å². The predicted octanol–water partition coefficient (Wildman–Crippen LogP) is 4.56. The van der Waals surface area contributed by atoms with Gasteiger partial charge in [-0.05, 0) is 50.9 Å². The summed E-state index contributed by atoms with van der Waals surface area (Å²) in [7, 11) is 1.67. The van der Waals surface area contributed by atoms with E-state index in [0.717, 1.165) is 42.0 Å². The van der Waals surface area contributed by atoms with E-state index < -0.39 is 0 Å². The molecular formula is C25H31N3O2. The molecule has 1 fully saturated rings. The van der Waals surface area contributed by atoms with Crippen LogP contribution in [0.25, 0.3) is 0 Å². The number of ether oxygens (including phenoxy) is 1. The Kier molecular flexibility index (Phi) is 6.18. The summed E-state index contributed by atoms with van der Waals surface area (Å²) >= 11 is 0. The van der Waals surface area contributed by atoms with Crippen LogP contribution in [0.15, 0.2) is 53.6 Å². The molecule has 2 aliphatic heterocycles. The summed E-state index contributed by atoms with van der Waals surface area (Å²) in [6, 6.07) is 16.7. The zero-order valence-electron chi connectivity index (χ0n) is 18.2. The average Bonchev–Trinajstić information content (AvgIpc) is 3.21. The molecule has 2 aromatic rings. The summed E-state index contributed by atoms with van der Waals surface area (Å²) in [6.45, 7) is 5.71. The number of nitrogens with zero attached hydrogens (tertiary/aromatic N) is 3. The molecule has 2 atom stereocenters. The van der Waals surface area contributed by atoms with Gasteiger partial charge in [0, 0.05) is 18.0 Å². The molecule has 30 heavy (non-hydrogen) atoms. The van der Waals surface area contributed by atoms with Crippen molar-refractivity contribution in [1.82, 2.24) is 9.91 Å². The van der Waals surface area contributed by atoms with E-state index in [0.29, 0.717) is 19.0 Å². The van der Waals surface area contributed by atoms with Crippen molar-refractivity contribution in [3.05, 3.63) is 65.2 Å². The molecule has 5 nitrogen and oxygen atoms in total. The van der Waals surface area contributed by atoms with E-state index in [1.54, 1.807) is 12.1 Å². The number of rotatable bonds is 5. The zero-order valence-corrected chi connectivity index (χ0v) is 18.2. The molecule has 1 saturated heterocycles. The summed E-state index contributed by atoms with van der Waals surface area (Å²) in [5.74, 6) is 0.858. The Bertz CT molecular complexity index is 922. The Hall–Kier alpha value is -2.66. The molecule has 0 unspecified atom stereocenters. The minimum atomic E-state index is -0.0851. The molecule has 2 aromatic carbocycles. The Morgan fingerprint density at radius 1 is 1.13 bits per heavy atom. The first kappa shape index (κ1) is 20.6. The molecule has 0 N–H and O–H groups in total. The maximum Gasteiger partial charge on any atom is 0.257 e. The Labute approximate surface area is 179 Å². The third-order valence-corrected chi connectivity index (χ3v) is 6.32. The number of hydrazone groups is 1. The summed E-state index contributed by atoms with van der Waals surface area (Å²) in [5.41, 5.74) is 4.19.